The summed E-state index contributed by atoms with van der Waals surface area (Å²) in [6.45, 7) is 0. The lowest BCUT2D eigenvalue weighted by Gasteiger charge is -2.07. The fourth-order valence-corrected chi connectivity index (χ4v) is 1.80. The van der Waals surface area contributed by atoms with Crippen molar-refractivity contribution in [2.24, 2.45) is 0 Å². The van der Waals surface area contributed by atoms with Gasteiger partial charge in [0, 0.05) is 18.0 Å². The highest BCUT2D eigenvalue weighted by Crippen LogP contribution is 2.23. The van der Waals surface area contributed by atoms with Gasteiger partial charge in [0.2, 0.25) is 5.91 Å². The van der Waals surface area contributed by atoms with Crippen molar-refractivity contribution in [3.05, 3.63) is 58.3 Å². The maximum Gasteiger partial charge on any atom is 0.230 e. The van der Waals surface area contributed by atoms with E-state index >= 15 is 0 Å². The second-order valence-electron chi connectivity index (χ2n) is 3.79. The van der Waals surface area contributed by atoms with Gasteiger partial charge < -0.3 is 5.32 Å². The summed E-state index contributed by atoms with van der Waals surface area (Å²) in [4.78, 5) is 15.7. The number of nitrogens with zero attached hydrogens (tertiary/aromatic N) is 1. The average molecular weight is 327 g/mol. The molecule has 19 heavy (non-hydrogen) atoms. The number of hydrogen-bond donors (Lipinski definition) is 1. The normalized spacial score (nSPS) is 10.3. The van der Waals surface area contributed by atoms with Gasteiger partial charge in [-0.05, 0) is 34.1 Å². The molecule has 0 aliphatic heterocycles. The number of amides is 1. The highest BCUT2D eigenvalue weighted by Gasteiger charge is 2.11. The Kier molecular flexibility index (Phi) is 4.21. The number of pyridine rings is 1. The molecular weight excluding hydrogens is 318 g/mol. The van der Waals surface area contributed by atoms with Crippen LogP contribution in [0.4, 0.5) is 14.5 Å². The summed E-state index contributed by atoms with van der Waals surface area (Å²) in [5.41, 5.74) is 0.361. The lowest BCUT2D eigenvalue weighted by atomic mass is 10.2. The Bertz CT molecular complexity index is 605. The number of nitrogens with one attached hydrogen (secondary N) is 1. The molecule has 1 heterocycles. The van der Waals surface area contributed by atoms with Crippen LogP contribution in [-0.4, -0.2) is 10.9 Å². The molecule has 0 spiro atoms. The third kappa shape index (κ3) is 3.57. The molecule has 1 amide bonds. The minimum atomic E-state index is -0.706. The van der Waals surface area contributed by atoms with Gasteiger partial charge >= 0.3 is 0 Å². The molecule has 0 saturated heterocycles. The zero-order valence-electron chi connectivity index (χ0n) is 9.66. The highest BCUT2D eigenvalue weighted by molar-refractivity contribution is 9.10. The summed E-state index contributed by atoms with van der Waals surface area (Å²) < 4.78 is 26.8. The number of carbonyl (C=O) groups excluding carboxylic acids is 1. The molecule has 98 valence electrons. The summed E-state index contributed by atoms with van der Waals surface area (Å²) in [5.74, 6) is -1.81. The van der Waals surface area contributed by atoms with Crippen LogP contribution in [-0.2, 0) is 11.2 Å². The van der Waals surface area contributed by atoms with Crippen molar-refractivity contribution in [1.29, 1.82) is 0 Å². The molecule has 0 bridgehead atoms. The predicted molar refractivity (Wildman–Crippen MR) is 70.6 cm³/mol. The van der Waals surface area contributed by atoms with Crippen molar-refractivity contribution in [2.75, 3.05) is 5.32 Å². The van der Waals surface area contributed by atoms with E-state index in [0.717, 1.165) is 12.1 Å². The average Bonchev–Trinajstić information content (AvgIpc) is 2.37. The number of anilines is 1. The van der Waals surface area contributed by atoms with E-state index in [1.807, 2.05) is 0 Å². The molecular formula is C13H9BrF2N2O. The van der Waals surface area contributed by atoms with Gasteiger partial charge in [0.1, 0.15) is 11.6 Å². The van der Waals surface area contributed by atoms with Crippen molar-refractivity contribution in [1.82, 2.24) is 4.98 Å². The molecule has 0 radical (unpaired) electrons. The van der Waals surface area contributed by atoms with Crippen molar-refractivity contribution in [2.45, 2.75) is 6.42 Å². The van der Waals surface area contributed by atoms with Gasteiger partial charge in [0.15, 0.2) is 0 Å². The van der Waals surface area contributed by atoms with Crippen LogP contribution in [0.1, 0.15) is 5.69 Å². The Labute approximate surface area is 116 Å². The van der Waals surface area contributed by atoms with Gasteiger partial charge in [-0.15, -0.1) is 0 Å². The first kappa shape index (κ1) is 13.6. The molecule has 0 unspecified atom stereocenters. The van der Waals surface area contributed by atoms with E-state index in [-0.39, 0.29) is 16.6 Å². The summed E-state index contributed by atoms with van der Waals surface area (Å²) in [7, 11) is 0. The minimum Gasteiger partial charge on any atom is -0.323 e. The maximum absolute atomic E-state index is 13.5. The molecule has 2 rings (SSSR count). The topological polar surface area (TPSA) is 42.0 Å². The molecule has 0 aliphatic carbocycles. The minimum absolute atomic E-state index is 0.00202. The predicted octanol–water partition coefficient (Wildman–Crippen LogP) is 3.30. The van der Waals surface area contributed by atoms with E-state index in [9.17, 15) is 13.6 Å². The number of carbonyl (C=O) groups is 1. The van der Waals surface area contributed by atoms with Crippen LogP contribution in [0.15, 0.2) is 41.0 Å². The zero-order valence-corrected chi connectivity index (χ0v) is 11.2. The first-order chi connectivity index (χ1) is 9.06. The van der Waals surface area contributed by atoms with E-state index in [1.165, 1.54) is 0 Å². The van der Waals surface area contributed by atoms with Crippen LogP contribution in [0, 0.1) is 11.6 Å². The monoisotopic (exact) mass is 326 g/mol. The maximum atomic E-state index is 13.5. The summed E-state index contributed by atoms with van der Waals surface area (Å²) in [6, 6.07) is 7.04. The quantitative estimate of drug-likeness (QED) is 0.879. The first-order valence-corrected chi connectivity index (χ1v) is 6.20. The van der Waals surface area contributed by atoms with Crippen molar-refractivity contribution in [3.8, 4) is 0 Å². The van der Waals surface area contributed by atoms with E-state index in [2.05, 4.69) is 26.2 Å². The number of benzene rings is 1. The van der Waals surface area contributed by atoms with Gasteiger partial charge in [0.25, 0.3) is 0 Å². The second-order valence-corrected chi connectivity index (χ2v) is 4.65. The van der Waals surface area contributed by atoms with Crippen molar-refractivity contribution < 1.29 is 13.6 Å². The van der Waals surface area contributed by atoms with E-state index < -0.39 is 17.5 Å². The van der Waals surface area contributed by atoms with Gasteiger partial charge in [-0.3, -0.25) is 9.78 Å². The van der Waals surface area contributed by atoms with E-state index in [0.29, 0.717) is 5.69 Å². The molecule has 0 atom stereocenters. The van der Waals surface area contributed by atoms with Crippen LogP contribution in [0.25, 0.3) is 0 Å². The molecule has 0 fully saturated rings. The Morgan fingerprint density at radius 2 is 2.05 bits per heavy atom. The molecule has 0 aliphatic rings. The number of halogens is 3. The first-order valence-electron chi connectivity index (χ1n) is 5.40. The Morgan fingerprint density at radius 3 is 2.74 bits per heavy atom. The van der Waals surface area contributed by atoms with Gasteiger partial charge in [-0.2, -0.15) is 0 Å². The smallest absolute Gasteiger partial charge is 0.230 e. The Balaban J connectivity index is 2.09. The SMILES string of the molecule is O=C(Cc1ccccn1)Nc1cc(F)c(Br)cc1F. The third-order valence-corrected chi connectivity index (χ3v) is 2.96. The van der Waals surface area contributed by atoms with Gasteiger partial charge in [-0.1, -0.05) is 6.07 Å². The number of aromatic nitrogens is 1. The van der Waals surface area contributed by atoms with Gasteiger partial charge in [-0.25, -0.2) is 8.78 Å². The Morgan fingerprint density at radius 1 is 1.26 bits per heavy atom. The zero-order chi connectivity index (χ0) is 13.8. The number of rotatable bonds is 3. The lowest BCUT2D eigenvalue weighted by Crippen LogP contribution is -2.16. The van der Waals surface area contributed by atoms with Crippen molar-refractivity contribution >= 4 is 27.5 Å². The fourth-order valence-electron chi connectivity index (χ4n) is 1.48. The molecule has 2 aromatic rings. The van der Waals surface area contributed by atoms with Crippen LogP contribution in [0.2, 0.25) is 0 Å². The van der Waals surface area contributed by atoms with E-state index in [4.69, 9.17) is 0 Å². The van der Waals surface area contributed by atoms with Crippen LogP contribution >= 0.6 is 15.9 Å². The molecule has 1 aromatic heterocycles. The molecule has 3 nitrogen and oxygen atoms in total. The summed E-state index contributed by atoms with van der Waals surface area (Å²) in [5, 5.41) is 2.31. The second kappa shape index (κ2) is 5.88. The lowest BCUT2D eigenvalue weighted by molar-refractivity contribution is -0.115. The Hall–Kier alpha value is -1.82. The van der Waals surface area contributed by atoms with Crippen molar-refractivity contribution in [3.63, 3.8) is 0 Å². The molecule has 0 saturated carbocycles. The summed E-state index contributed by atoms with van der Waals surface area (Å²) >= 11 is 2.86. The molecule has 6 heteroatoms. The highest BCUT2D eigenvalue weighted by atomic mass is 79.9. The molecule has 1 N–H and O–H groups in total. The third-order valence-electron chi connectivity index (χ3n) is 2.35. The largest absolute Gasteiger partial charge is 0.323 e. The van der Waals surface area contributed by atoms with Crippen LogP contribution in [0.5, 0.6) is 0 Å². The molecule has 1 aromatic carbocycles. The van der Waals surface area contributed by atoms with Crippen LogP contribution in [0.3, 0.4) is 0 Å². The van der Waals surface area contributed by atoms with Crippen LogP contribution < -0.4 is 5.32 Å². The van der Waals surface area contributed by atoms with Gasteiger partial charge in [0.05, 0.1) is 16.6 Å². The standard InChI is InChI=1S/C13H9BrF2N2O/c14-9-6-11(16)12(7-10(9)15)18-13(19)5-8-3-1-2-4-17-8/h1-4,6-7H,5H2,(H,18,19). The van der Waals surface area contributed by atoms with E-state index in [1.54, 1.807) is 24.4 Å². The summed E-state index contributed by atoms with van der Waals surface area (Å²) in [6.07, 6.45) is 1.56. The number of hydrogen-bond acceptors (Lipinski definition) is 2. The fraction of sp³-hybridized carbons (Fsp3) is 0.0769.